The Morgan fingerprint density at radius 2 is 1.86 bits per heavy atom. The van der Waals surface area contributed by atoms with Crippen molar-refractivity contribution in [1.82, 2.24) is 5.32 Å². The molecule has 6 heteroatoms. The van der Waals surface area contributed by atoms with Crippen LogP contribution in [0, 0.1) is 0 Å². The lowest BCUT2D eigenvalue weighted by atomic mass is 10.1. The highest BCUT2D eigenvalue weighted by molar-refractivity contribution is 5.97. The fraction of sp³-hybridized carbons (Fsp3) is 0.217. The summed E-state index contributed by atoms with van der Waals surface area (Å²) in [6.07, 6.45) is 0.263. The first-order valence-electron chi connectivity index (χ1n) is 9.48. The minimum Gasteiger partial charge on any atom is -0.497 e. The zero-order chi connectivity index (χ0) is 20.2. The number of nitrogens with zero attached hydrogens (tertiary/aromatic N) is 1. The van der Waals surface area contributed by atoms with Crippen LogP contribution in [0.2, 0.25) is 0 Å². The minimum absolute atomic E-state index is 0.0287. The molecule has 0 aromatic heterocycles. The Hall–Kier alpha value is -3.54. The Morgan fingerprint density at radius 3 is 2.69 bits per heavy atom. The Kier molecular flexibility index (Phi) is 5.33. The number of ether oxygens (including phenoxy) is 2. The van der Waals surface area contributed by atoms with Crippen LogP contribution in [0.3, 0.4) is 0 Å². The summed E-state index contributed by atoms with van der Waals surface area (Å²) in [5.74, 6) is 1.05. The molecular formula is C23H22N2O4. The number of hydrogen-bond donors (Lipinski definition) is 1. The zero-order valence-corrected chi connectivity index (χ0v) is 16.1. The van der Waals surface area contributed by atoms with E-state index in [9.17, 15) is 9.59 Å². The molecule has 0 radical (unpaired) electrons. The van der Waals surface area contributed by atoms with Gasteiger partial charge in [0.05, 0.1) is 13.2 Å². The van der Waals surface area contributed by atoms with Crippen molar-refractivity contribution in [2.45, 2.75) is 12.5 Å². The van der Waals surface area contributed by atoms with Crippen molar-refractivity contribution in [1.29, 1.82) is 0 Å². The predicted molar refractivity (Wildman–Crippen MR) is 111 cm³/mol. The number of benzene rings is 3. The molecule has 0 spiro atoms. The number of carbonyl (C=O) groups excluding carboxylic acids is 2. The van der Waals surface area contributed by atoms with Gasteiger partial charge >= 0.3 is 0 Å². The molecule has 2 amide bonds. The normalized spacial score (nSPS) is 16.1. The van der Waals surface area contributed by atoms with Gasteiger partial charge in [-0.1, -0.05) is 36.4 Å². The number of hydrogen-bond acceptors (Lipinski definition) is 4. The van der Waals surface area contributed by atoms with Crippen LogP contribution >= 0.6 is 0 Å². The molecule has 1 saturated heterocycles. The first-order chi connectivity index (χ1) is 14.1. The third kappa shape index (κ3) is 4.32. The first-order valence-corrected chi connectivity index (χ1v) is 9.48. The average Bonchev–Trinajstić information content (AvgIpc) is 3.12. The quantitative estimate of drug-likeness (QED) is 0.702. The van der Waals surface area contributed by atoms with E-state index in [-0.39, 0.29) is 30.9 Å². The van der Waals surface area contributed by atoms with Crippen molar-refractivity contribution in [3.8, 4) is 11.5 Å². The second-order valence-electron chi connectivity index (χ2n) is 6.97. The number of carbonyl (C=O) groups is 2. The molecule has 1 heterocycles. The maximum atomic E-state index is 12.4. The van der Waals surface area contributed by atoms with Crippen LogP contribution in [0.25, 0.3) is 10.8 Å². The SMILES string of the molecule is COc1cccc(N2C[C@@H](NC(=O)COc3ccc4ccccc4c3)CC2=O)c1. The van der Waals surface area contributed by atoms with Crippen molar-refractivity contribution in [3.63, 3.8) is 0 Å². The van der Waals surface area contributed by atoms with Crippen molar-refractivity contribution < 1.29 is 19.1 Å². The summed E-state index contributed by atoms with van der Waals surface area (Å²) in [6.45, 7) is 0.329. The first kappa shape index (κ1) is 18.8. The van der Waals surface area contributed by atoms with Gasteiger partial charge < -0.3 is 19.7 Å². The number of amides is 2. The van der Waals surface area contributed by atoms with Gasteiger partial charge in [-0.25, -0.2) is 0 Å². The molecule has 3 aromatic rings. The van der Waals surface area contributed by atoms with Gasteiger partial charge in [0, 0.05) is 24.7 Å². The molecule has 6 nitrogen and oxygen atoms in total. The maximum absolute atomic E-state index is 12.4. The van der Waals surface area contributed by atoms with Crippen LogP contribution < -0.4 is 19.7 Å². The number of fused-ring (bicyclic) bond motifs is 1. The molecule has 4 rings (SSSR count). The number of nitrogens with one attached hydrogen (secondary N) is 1. The van der Waals surface area contributed by atoms with Crippen LogP contribution in [0.4, 0.5) is 5.69 Å². The van der Waals surface area contributed by atoms with Gasteiger partial charge in [0.15, 0.2) is 6.61 Å². The summed E-state index contributed by atoms with van der Waals surface area (Å²) in [5, 5.41) is 5.06. The Balaban J connectivity index is 1.33. The van der Waals surface area contributed by atoms with Gasteiger partial charge in [-0.2, -0.15) is 0 Å². The van der Waals surface area contributed by atoms with Crippen molar-refractivity contribution in [3.05, 3.63) is 66.7 Å². The molecule has 1 aliphatic heterocycles. The Morgan fingerprint density at radius 1 is 1.03 bits per heavy atom. The van der Waals surface area contributed by atoms with Crippen LogP contribution in [-0.4, -0.2) is 38.1 Å². The van der Waals surface area contributed by atoms with Gasteiger partial charge in [0.1, 0.15) is 11.5 Å². The average molecular weight is 390 g/mol. The summed E-state index contributed by atoms with van der Waals surface area (Å²) < 4.78 is 10.8. The highest BCUT2D eigenvalue weighted by atomic mass is 16.5. The maximum Gasteiger partial charge on any atom is 0.258 e. The third-order valence-corrected chi connectivity index (χ3v) is 4.95. The van der Waals surface area contributed by atoms with Crippen LogP contribution in [0.5, 0.6) is 11.5 Å². The summed E-state index contributed by atoms with van der Waals surface area (Å²) in [6, 6.07) is 20.8. The lowest BCUT2D eigenvalue weighted by molar-refractivity contribution is -0.123. The largest absolute Gasteiger partial charge is 0.497 e. The molecule has 0 unspecified atom stereocenters. The predicted octanol–water partition coefficient (Wildman–Crippen LogP) is 3.15. The topological polar surface area (TPSA) is 67.9 Å². The molecule has 1 fully saturated rings. The summed E-state index contributed by atoms with van der Waals surface area (Å²) in [4.78, 5) is 26.3. The molecular weight excluding hydrogens is 368 g/mol. The van der Waals surface area contributed by atoms with Crippen molar-refractivity contribution >= 4 is 28.3 Å². The van der Waals surface area contributed by atoms with E-state index in [1.807, 2.05) is 66.7 Å². The Labute approximate surface area is 169 Å². The highest BCUT2D eigenvalue weighted by Crippen LogP contribution is 2.25. The fourth-order valence-electron chi connectivity index (χ4n) is 3.51. The molecule has 3 aromatic carbocycles. The molecule has 0 aliphatic carbocycles. The minimum atomic E-state index is -0.249. The van der Waals surface area contributed by atoms with E-state index in [0.29, 0.717) is 18.0 Å². The van der Waals surface area contributed by atoms with E-state index in [1.165, 1.54) is 0 Å². The highest BCUT2D eigenvalue weighted by Gasteiger charge is 2.31. The molecule has 0 bridgehead atoms. The van der Waals surface area contributed by atoms with Gasteiger partial charge in [-0.15, -0.1) is 0 Å². The summed E-state index contributed by atoms with van der Waals surface area (Å²) >= 11 is 0. The molecule has 0 saturated carbocycles. The third-order valence-electron chi connectivity index (χ3n) is 4.95. The zero-order valence-electron chi connectivity index (χ0n) is 16.1. The van der Waals surface area contributed by atoms with Crippen LogP contribution in [-0.2, 0) is 9.59 Å². The number of rotatable bonds is 6. The van der Waals surface area contributed by atoms with E-state index in [4.69, 9.17) is 9.47 Å². The molecule has 1 atom stereocenters. The molecule has 1 N–H and O–H groups in total. The molecule has 1 aliphatic rings. The van der Waals surface area contributed by atoms with Gasteiger partial charge in [0.25, 0.3) is 5.91 Å². The lowest BCUT2D eigenvalue weighted by Gasteiger charge is -2.18. The smallest absolute Gasteiger partial charge is 0.258 e. The van der Waals surface area contributed by atoms with E-state index in [2.05, 4.69) is 5.32 Å². The van der Waals surface area contributed by atoms with Crippen molar-refractivity contribution in [2.75, 3.05) is 25.2 Å². The van der Waals surface area contributed by atoms with Crippen LogP contribution in [0.15, 0.2) is 66.7 Å². The molecule has 148 valence electrons. The Bertz CT molecular complexity index is 1050. The van der Waals surface area contributed by atoms with E-state index in [1.54, 1.807) is 12.0 Å². The monoisotopic (exact) mass is 390 g/mol. The van der Waals surface area contributed by atoms with Gasteiger partial charge in [0.2, 0.25) is 5.91 Å². The summed E-state index contributed by atoms with van der Waals surface area (Å²) in [7, 11) is 1.59. The number of anilines is 1. The van der Waals surface area contributed by atoms with Crippen LogP contribution in [0.1, 0.15) is 6.42 Å². The van der Waals surface area contributed by atoms with E-state index >= 15 is 0 Å². The van der Waals surface area contributed by atoms with E-state index < -0.39 is 0 Å². The van der Waals surface area contributed by atoms with Gasteiger partial charge in [-0.3, -0.25) is 9.59 Å². The second-order valence-corrected chi connectivity index (χ2v) is 6.97. The molecule has 29 heavy (non-hydrogen) atoms. The van der Waals surface area contributed by atoms with Gasteiger partial charge in [-0.05, 0) is 35.0 Å². The fourth-order valence-corrected chi connectivity index (χ4v) is 3.51. The summed E-state index contributed by atoms with van der Waals surface area (Å²) in [5.41, 5.74) is 0.763. The standard InChI is InChI=1S/C23H22N2O4/c1-28-20-8-4-7-19(13-20)25-14-18(12-23(25)27)24-22(26)15-29-21-10-9-16-5-2-3-6-17(16)11-21/h2-11,13,18H,12,14-15H2,1H3,(H,24,26)/t18-/m0/s1. The van der Waals surface area contributed by atoms with E-state index in [0.717, 1.165) is 16.5 Å². The lowest BCUT2D eigenvalue weighted by Crippen LogP contribution is -2.39. The van der Waals surface area contributed by atoms with Crippen molar-refractivity contribution in [2.24, 2.45) is 0 Å². The second kappa shape index (κ2) is 8.22. The number of methoxy groups -OCH3 is 1.